The molecular weight excluding hydrogens is 452 g/mol. The van der Waals surface area contributed by atoms with Crippen molar-refractivity contribution < 1.29 is 24.5 Å². The molecule has 0 saturated heterocycles. The van der Waals surface area contributed by atoms with Crippen molar-refractivity contribution in [3.8, 4) is 0 Å². The van der Waals surface area contributed by atoms with Gasteiger partial charge in [0.05, 0.1) is 6.10 Å². The highest BCUT2D eigenvalue weighted by molar-refractivity contribution is 5.77. The molecule has 2 N–H and O–H groups in total. The Morgan fingerprint density at radius 3 is 2.31 bits per heavy atom. The van der Waals surface area contributed by atoms with Crippen LogP contribution in [0, 0.1) is 50.7 Å². The number of carboxylic acids is 1. The molecule has 5 aliphatic carbocycles. The third-order valence-corrected chi connectivity index (χ3v) is 13.1. The molecule has 5 aliphatic rings. The summed E-state index contributed by atoms with van der Waals surface area (Å²) in [5.74, 6) is -0.325. The van der Waals surface area contributed by atoms with Crippen molar-refractivity contribution in [3.05, 3.63) is 11.6 Å². The third kappa shape index (κ3) is 3.16. The second-order valence-electron chi connectivity index (χ2n) is 14.7. The fourth-order valence-electron chi connectivity index (χ4n) is 11.2. The summed E-state index contributed by atoms with van der Waals surface area (Å²) >= 11 is 0. The molecule has 5 rings (SSSR count). The zero-order chi connectivity index (χ0) is 26.5. The van der Waals surface area contributed by atoms with Gasteiger partial charge in [-0.05, 0) is 91.3 Å². The molecule has 0 aromatic rings. The second-order valence-corrected chi connectivity index (χ2v) is 14.7. The van der Waals surface area contributed by atoms with Crippen LogP contribution in [0.3, 0.4) is 0 Å². The van der Waals surface area contributed by atoms with Crippen molar-refractivity contribution in [3.63, 3.8) is 0 Å². The van der Waals surface area contributed by atoms with Crippen LogP contribution in [0.15, 0.2) is 11.6 Å². The SMILES string of the molecule is CC(=O)O[C@@H]1CC[C@@]2(C)[C@@H](CC[C@]3(C)[C@@H]2C(O)C=C2[C@@H]4[C@@H](C)CCC[C@]4(C)CC[C@]23C)[C@@]1(C)C(=O)O. The first kappa shape index (κ1) is 26.3. The second kappa shape index (κ2) is 8.07. The maximum Gasteiger partial charge on any atom is 0.313 e. The van der Waals surface area contributed by atoms with E-state index >= 15 is 0 Å². The lowest BCUT2D eigenvalue weighted by Crippen LogP contribution is -2.68. The molecule has 0 radical (unpaired) electrons. The Bertz CT molecular complexity index is 987. The number of aliphatic hydroxyl groups excluding tert-OH is 1. The van der Waals surface area contributed by atoms with E-state index < -0.39 is 29.6 Å². The average Bonchev–Trinajstić information content (AvgIpc) is 2.77. The van der Waals surface area contributed by atoms with Gasteiger partial charge in [0, 0.05) is 12.8 Å². The van der Waals surface area contributed by atoms with Crippen molar-refractivity contribution in [1.29, 1.82) is 0 Å². The van der Waals surface area contributed by atoms with E-state index in [1.807, 2.05) is 0 Å². The van der Waals surface area contributed by atoms with Crippen LogP contribution in [0.2, 0.25) is 0 Å². The lowest BCUT2D eigenvalue weighted by molar-refractivity contribution is -0.236. The maximum atomic E-state index is 12.8. The number of carbonyl (C=O) groups excluding carboxylic acids is 1. The topological polar surface area (TPSA) is 83.8 Å². The number of allylic oxidation sites excluding steroid dienone is 1. The molecule has 0 bridgehead atoms. The van der Waals surface area contributed by atoms with E-state index in [1.165, 1.54) is 38.2 Å². The van der Waals surface area contributed by atoms with Gasteiger partial charge in [0.15, 0.2) is 0 Å². The van der Waals surface area contributed by atoms with Gasteiger partial charge in [-0.25, -0.2) is 0 Å². The first-order chi connectivity index (χ1) is 16.6. The number of ether oxygens (including phenoxy) is 1. The summed E-state index contributed by atoms with van der Waals surface area (Å²) < 4.78 is 5.64. The van der Waals surface area contributed by atoms with E-state index in [-0.39, 0.29) is 28.1 Å². The van der Waals surface area contributed by atoms with Gasteiger partial charge in [0.2, 0.25) is 0 Å². The van der Waals surface area contributed by atoms with Crippen molar-refractivity contribution in [2.45, 2.75) is 118 Å². The molecule has 4 saturated carbocycles. The van der Waals surface area contributed by atoms with E-state index in [0.717, 1.165) is 25.7 Å². The van der Waals surface area contributed by atoms with E-state index in [2.05, 4.69) is 40.7 Å². The number of hydrogen-bond donors (Lipinski definition) is 2. The zero-order valence-corrected chi connectivity index (χ0v) is 23.5. The van der Waals surface area contributed by atoms with Crippen LogP contribution in [0.5, 0.6) is 0 Å². The Morgan fingerprint density at radius 1 is 0.972 bits per heavy atom. The van der Waals surface area contributed by atoms with Gasteiger partial charge in [-0.3, -0.25) is 9.59 Å². The molecule has 0 spiro atoms. The fraction of sp³-hybridized carbons (Fsp3) is 0.871. The predicted octanol–water partition coefficient (Wildman–Crippen LogP) is 6.39. The van der Waals surface area contributed by atoms with Gasteiger partial charge in [0.25, 0.3) is 0 Å². The molecule has 0 amide bonds. The first-order valence-corrected chi connectivity index (χ1v) is 14.5. The number of carboxylic acid groups (broad SMARTS) is 1. The fourth-order valence-corrected chi connectivity index (χ4v) is 11.2. The Hall–Kier alpha value is -1.36. The maximum absolute atomic E-state index is 12.8. The van der Waals surface area contributed by atoms with Crippen LogP contribution in [-0.4, -0.2) is 34.4 Å². The number of fused-ring (bicyclic) bond motifs is 7. The quantitative estimate of drug-likeness (QED) is 0.339. The van der Waals surface area contributed by atoms with Crippen LogP contribution in [0.4, 0.5) is 0 Å². The summed E-state index contributed by atoms with van der Waals surface area (Å²) in [6, 6.07) is 0. The number of carbonyl (C=O) groups is 2. The lowest BCUT2D eigenvalue weighted by atomic mass is 9.33. The molecule has 202 valence electrons. The van der Waals surface area contributed by atoms with Gasteiger partial charge in [0.1, 0.15) is 11.5 Å². The molecule has 0 aromatic heterocycles. The highest BCUT2D eigenvalue weighted by atomic mass is 16.5. The highest BCUT2D eigenvalue weighted by Gasteiger charge is 2.71. The van der Waals surface area contributed by atoms with Gasteiger partial charge in [-0.2, -0.15) is 0 Å². The van der Waals surface area contributed by atoms with Gasteiger partial charge >= 0.3 is 11.9 Å². The van der Waals surface area contributed by atoms with Gasteiger partial charge in [-0.1, -0.05) is 59.1 Å². The molecule has 0 aromatic carbocycles. The summed E-state index contributed by atoms with van der Waals surface area (Å²) in [7, 11) is 0. The predicted molar refractivity (Wildman–Crippen MR) is 139 cm³/mol. The van der Waals surface area contributed by atoms with Crippen molar-refractivity contribution in [2.75, 3.05) is 0 Å². The van der Waals surface area contributed by atoms with E-state index in [4.69, 9.17) is 4.74 Å². The molecule has 36 heavy (non-hydrogen) atoms. The zero-order valence-electron chi connectivity index (χ0n) is 23.5. The minimum atomic E-state index is -1.16. The summed E-state index contributed by atoms with van der Waals surface area (Å²) in [6.45, 7) is 15.2. The smallest absolute Gasteiger partial charge is 0.313 e. The summed E-state index contributed by atoms with van der Waals surface area (Å²) in [5.41, 5.74) is 0.220. The average molecular weight is 501 g/mol. The molecule has 0 heterocycles. The third-order valence-electron chi connectivity index (χ3n) is 13.1. The number of rotatable bonds is 2. The van der Waals surface area contributed by atoms with Crippen LogP contribution in [0.1, 0.15) is 106 Å². The van der Waals surface area contributed by atoms with E-state index in [1.54, 1.807) is 6.92 Å². The summed E-state index contributed by atoms with van der Waals surface area (Å²) in [5, 5.41) is 22.5. The molecule has 11 atom stereocenters. The molecule has 0 aliphatic heterocycles. The molecule has 1 unspecified atom stereocenters. The lowest BCUT2D eigenvalue weighted by Gasteiger charge is -2.71. The number of hydrogen-bond acceptors (Lipinski definition) is 4. The largest absolute Gasteiger partial charge is 0.481 e. The number of aliphatic hydroxyl groups is 1. The van der Waals surface area contributed by atoms with E-state index in [9.17, 15) is 19.8 Å². The first-order valence-electron chi connectivity index (χ1n) is 14.5. The summed E-state index contributed by atoms with van der Waals surface area (Å²) in [4.78, 5) is 24.7. The van der Waals surface area contributed by atoms with Crippen molar-refractivity contribution in [2.24, 2.45) is 50.7 Å². The Kier molecular flexibility index (Phi) is 5.89. The minimum Gasteiger partial charge on any atom is -0.481 e. The summed E-state index contributed by atoms with van der Waals surface area (Å²) in [6.07, 6.45) is 10.2. The standard InChI is InChI=1S/C31H48O5/c1-18-9-8-12-27(3)15-16-29(5)20(24(18)27)17-21(33)25-28(4)13-11-23(36-19(2)32)31(7,26(34)35)22(28)10-14-30(25,29)6/h17-18,21-25,33H,8-16H2,1-7H3,(H,34,35)/t18-,21?,22+,23+,24-,25+,27+,28-,29+,30+,31+/m0/s1. The molecule has 5 heteroatoms. The molecule has 5 nitrogen and oxygen atoms in total. The van der Waals surface area contributed by atoms with Crippen molar-refractivity contribution in [1.82, 2.24) is 0 Å². The Morgan fingerprint density at radius 2 is 1.67 bits per heavy atom. The number of esters is 1. The number of aliphatic carboxylic acids is 1. The van der Waals surface area contributed by atoms with Gasteiger partial charge < -0.3 is 14.9 Å². The Labute approximate surface area is 217 Å². The van der Waals surface area contributed by atoms with Crippen molar-refractivity contribution >= 4 is 11.9 Å². The minimum absolute atomic E-state index is 0.00696. The normalized spacial score (nSPS) is 54.2. The van der Waals surface area contributed by atoms with Crippen LogP contribution in [-0.2, 0) is 14.3 Å². The van der Waals surface area contributed by atoms with Gasteiger partial charge in [-0.15, -0.1) is 0 Å². The van der Waals surface area contributed by atoms with Crippen LogP contribution >= 0.6 is 0 Å². The van der Waals surface area contributed by atoms with Crippen LogP contribution < -0.4 is 0 Å². The van der Waals surface area contributed by atoms with E-state index in [0.29, 0.717) is 23.7 Å². The molecule has 4 fully saturated rings. The monoisotopic (exact) mass is 500 g/mol. The van der Waals surface area contributed by atoms with Crippen LogP contribution in [0.25, 0.3) is 0 Å². The highest BCUT2D eigenvalue weighted by Crippen LogP contribution is 2.75. The Balaban J connectivity index is 1.61. The molecular formula is C31H48O5.